The molecule has 1 aliphatic heterocycles. The van der Waals surface area contributed by atoms with E-state index in [1.807, 2.05) is 12.1 Å². The number of thioether (sulfide) groups is 1. The maximum Gasteiger partial charge on any atom is 0.243 e. The lowest BCUT2D eigenvalue weighted by molar-refractivity contribution is -0.121. The monoisotopic (exact) mass is 256 g/mol. The zero-order valence-electron chi connectivity index (χ0n) is 8.70. The van der Waals surface area contributed by atoms with Crippen molar-refractivity contribution in [2.75, 3.05) is 16.8 Å². The lowest BCUT2D eigenvalue weighted by Gasteiger charge is -2.27. The minimum atomic E-state index is -0.599. The van der Waals surface area contributed by atoms with Crippen molar-refractivity contribution in [2.24, 2.45) is 5.73 Å². The summed E-state index contributed by atoms with van der Waals surface area (Å²) in [6.07, 6.45) is 0.773. The van der Waals surface area contributed by atoms with E-state index in [9.17, 15) is 4.79 Å². The minimum absolute atomic E-state index is 0.285. The first-order valence-electron chi connectivity index (χ1n) is 5.04. The van der Waals surface area contributed by atoms with Crippen LogP contribution in [0.25, 0.3) is 0 Å². The van der Waals surface area contributed by atoms with E-state index < -0.39 is 5.54 Å². The molecule has 1 saturated heterocycles. The van der Waals surface area contributed by atoms with Crippen molar-refractivity contribution in [1.29, 1.82) is 0 Å². The van der Waals surface area contributed by atoms with E-state index in [0.29, 0.717) is 5.02 Å². The van der Waals surface area contributed by atoms with Crippen LogP contribution in [0.3, 0.4) is 0 Å². The second-order valence-corrected chi connectivity index (χ2v) is 5.42. The number of nitrogens with two attached hydrogens (primary N) is 1. The van der Waals surface area contributed by atoms with Gasteiger partial charge in [-0.1, -0.05) is 11.6 Å². The molecule has 16 heavy (non-hydrogen) atoms. The van der Waals surface area contributed by atoms with Crippen molar-refractivity contribution in [2.45, 2.75) is 12.0 Å². The van der Waals surface area contributed by atoms with Crippen LogP contribution in [-0.4, -0.2) is 23.0 Å². The van der Waals surface area contributed by atoms with Crippen LogP contribution in [0.2, 0.25) is 5.02 Å². The molecule has 0 spiro atoms. The third-order valence-electron chi connectivity index (χ3n) is 2.72. The largest absolute Gasteiger partial charge is 0.371 e. The highest BCUT2D eigenvalue weighted by Gasteiger charge is 2.40. The third-order valence-corrected chi connectivity index (χ3v) is 4.16. The molecule has 1 amide bonds. The van der Waals surface area contributed by atoms with Crippen molar-refractivity contribution in [3.05, 3.63) is 29.3 Å². The van der Waals surface area contributed by atoms with Crippen LogP contribution in [-0.2, 0) is 4.79 Å². The molecule has 0 radical (unpaired) electrons. The Kier molecular flexibility index (Phi) is 3.30. The van der Waals surface area contributed by atoms with E-state index in [-0.39, 0.29) is 5.91 Å². The van der Waals surface area contributed by atoms with Gasteiger partial charge in [-0.15, -0.1) is 0 Å². The molecular formula is C11H13ClN2OS. The first-order chi connectivity index (χ1) is 7.62. The Balaban J connectivity index is 2.18. The SMILES string of the molecule is NC(=O)C1(Nc2ccc(Cl)cc2)CCSC1. The number of halogens is 1. The molecule has 86 valence electrons. The Labute approximate surface area is 104 Å². The highest BCUT2D eigenvalue weighted by Crippen LogP contribution is 2.31. The van der Waals surface area contributed by atoms with Crippen LogP contribution < -0.4 is 11.1 Å². The Bertz CT molecular complexity index is 387. The molecule has 5 heteroatoms. The maximum atomic E-state index is 11.5. The van der Waals surface area contributed by atoms with Gasteiger partial charge in [0.2, 0.25) is 5.91 Å². The Morgan fingerprint density at radius 1 is 1.44 bits per heavy atom. The second-order valence-electron chi connectivity index (χ2n) is 3.88. The molecule has 1 aliphatic rings. The van der Waals surface area contributed by atoms with Crippen molar-refractivity contribution >= 4 is 35.0 Å². The van der Waals surface area contributed by atoms with E-state index in [2.05, 4.69) is 5.32 Å². The van der Waals surface area contributed by atoms with Crippen molar-refractivity contribution in [3.8, 4) is 0 Å². The average molecular weight is 257 g/mol. The smallest absolute Gasteiger partial charge is 0.243 e. The predicted octanol–water partition coefficient (Wildman–Crippen LogP) is 2.11. The van der Waals surface area contributed by atoms with Crippen LogP contribution in [0.5, 0.6) is 0 Å². The maximum absolute atomic E-state index is 11.5. The van der Waals surface area contributed by atoms with Crippen molar-refractivity contribution in [3.63, 3.8) is 0 Å². The van der Waals surface area contributed by atoms with Crippen LogP contribution >= 0.6 is 23.4 Å². The van der Waals surface area contributed by atoms with Gasteiger partial charge in [0.15, 0.2) is 0 Å². The van der Waals surface area contributed by atoms with Crippen molar-refractivity contribution in [1.82, 2.24) is 0 Å². The number of primary amides is 1. The zero-order chi connectivity index (χ0) is 11.6. The number of carbonyl (C=O) groups is 1. The summed E-state index contributed by atoms with van der Waals surface area (Å²) in [6.45, 7) is 0. The van der Waals surface area contributed by atoms with Gasteiger partial charge in [0.25, 0.3) is 0 Å². The summed E-state index contributed by atoms with van der Waals surface area (Å²) < 4.78 is 0. The Hall–Kier alpha value is -0.870. The fourth-order valence-corrected chi connectivity index (χ4v) is 3.20. The highest BCUT2D eigenvalue weighted by molar-refractivity contribution is 7.99. The van der Waals surface area contributed by atoms with E-state index in [0.717, 1.165) is 23.6 Å². The fourth-order valence-electron chi connectivity index (χ4n) is 1.73. The van der Waals surface area contributed by atoms with Crippen LogP contribution in [0, 0.1) is 0 Å². The number of rotatable bonds is 3. The lowest BCUT2D eigenvalue weighted by atomic mass is 9.97. The number of benzene rings is 1. The molecule has 0 bridgehead atoms. The average Bonchev–Trinajstić information content (AvgIpc) is 2.71. The molecule has 1 atom stereocenters. The Morgan fingerprint density at radius 2 is 2.12 bits per heavy atom. The van der Waals surface area contributed by atoms with Gasteiger partial charge in [0.05, 0.1) is 0 Å². The Morgan fingerprint density at radius 3 is 2.62 bits per heavy atom. The summed E-state index contributed by atoms with van der Waals surface area (Å²) in [7, 11) is 0. The molecule has 1 fully saturated rings. The second kappa shape index (κ2) is 4.55. The summed E-state index contributed by atoms with van der Waals surface area (Å²) >= 11 is 7.54. The first kappa shape index (κ1) is 11.6. The van der Waals surface area contributed by atoms with Crippen LogP contribution in [0.4, 0.5) is 5.69 Å². The van der Waals surface area contributed by atoms with Gasteiger partial charge < -0.3 is 11.1 Å². The summed E-state index contributed by atoms with van der Waals surface area (Å²) in [4.78, 5) is 11.5. The number of nitrogens with one attached hydrogen (secondary N) is 1. The van der Waals surface area contributed by atoms with Gasteiger partial charge in [-0.3, -0.25) is 4.79 Å². The highest BCUT2D eigenvalue weighted by atomic mass is 35.5. The molecule has 1 aromatic carbocycles. The molecular weight excluding hydrogens is 244 g/mol. The molecule has 3 N–H and O–H groups in total. The molecule has 0 aromatic heterocycles. The topological polar surface area (TPSA) is 55.1 Å². The van der Waals surface area contributed by atoms with Gasteiger partial charge in [-0.2, -0.15) is 11.8 Å². The van der Waals surface area contributed by atoms with Gasteiger partial charge in [0.1, 0.15) is 5.54 Å². The zero-order valence-corrected chi connectivity index (χ0v) is 10.3. The lowest BCUT2D eigenvalue weighted by Crippen LogP contribution is -2.50. The molecule has 2 rings (SSSR count). The first-order valence-corrected chi connectivity index (χ1v) is 6.57. The van der Waals surface area contributed by atoms with E-state index in [1.54, 1.807) is 23.9 Å². The summed E-state index contributed by atoms with van der Waals surface area (Å²) in [5.74, 6) is 1.40. The third kappa shape index (κ3) is 2.28. The number of hydrogen-bond donors (Lipinski definition) is 2. The minimum Gasteiger partial charge on any atom is -0.371 e. The number of anilines is 1. The van der Waals surface area contributed by atoms with Gasteiger partial charge in [-0.25, -0.2) is 0 Å². The van der Waals surface area contributed by atoms with E-state index in [1.165, 1.54) is 0 Å². The van der Waals surface area contributed by atoms with Crippen LogP contribution in [0.15, 0.2) is 24.3 Å². The quantitative estimate of drug-likeness (QED) is 0.871. The molecule has 1 heterocycles. The molecule has 0 saturated carbocycles. The number of hydrogen-bond acceptors (Lipinski definition) is 3. The number of carbonyl (C=O) groups excluding carboxylic acids is 1. The van der Waals surface area contributed by atoms with Gasteiger partial charge >= 0.3 is 0 Å². The summed E-state index contributed by atoms with van der Waals surface area (Å²) in [5, 5.41) is 3.91. The summed E-state index contributed by atoms with van der Waals surface area (Å²) in [5.41, 5.74) is 5.75. The predicted molar refractivity (Wildman–Crippen MR) is 68.9 cm³/mol. The molecule has 1 unspecified atom stereocenters. The van der Waals surface area contributed by atoms with E-state index in [4.69, 9.17) is 17.3 Å². The molecule has 3 nitrogen and oxygen atoms in total. The van der Waals surface area contributed by atoms with Gasteiger partial charge in [-0.05, 0) is 36.4 Å². The standard InChI is InChI=1S/C11H13ClN2OS/c12-8-1-3-9(4-2-8)14-11(10(13)15)5-6-16-7-11/h1-4,14H,5-7H2,(H2,13,15). The summed E-state index contributed by atoms with van der Waals surface area (Å²) in [6, 6.07) is 7.30. The normalized spacial score (nSPS) is 24.3. The molecule has 1 aromatic rings. The van der Waals surface area contributed by atoms with Crippen LogP contribution in [0.1, 0.15) is 6.42 Å². The molecule has 0 aliphatic carbocycles. The number of amides is 1. The fraction of sp³-hybridized carbons (Fsp3) is 0.364. The van der Waals surface area contributed by atoms with Gasteiger partial charge in [0, 0.05) is 16.5 Å². The van der Waals surface area contributed by atoms with E-state index >= 15 is 0 Å². The van der Waals surface area contributed by atoms with Crippen molar-refractivity contribution < 1.29 is 4.79 Å².